The second kappa shape index (κ2) is 3.05. The highest BCUT2D eigenvalue weighted by Crippen LogP contribution is 2.36. The van der Waals surface area contributed by atoms with Crippen molar-refractivity contribution in [3.05, 3.63) is 22.3 Å². The molecule has 4 heteroatoms. The van der Waals surface area contributed by atoms with Crippen LogP contribution in [0.25, 0.3) is 0 Å². The van der Waals surface area contributed by atoms with Crippen LogP contribution in [-0.4, -0.2) is 10.9 Å². The van der Waals surface area contributed by atoms with Crippen molar-refractivity contribution in [2.24, 2.45) is 0 Å². The van der Waals surface area contributed by atoms with Gasteiger partial charge >= 0.3 is 0 Å². The number of hydrogen-bond donors (Lipinski definition) is 1. The highest BCUT2D eigenvalue weighted by molar-refractivity contribution is 9.10. The Balaban J connectivity index is 2.58. The number of halogens is 1. The summed E-state index contributed by atoms with van der Waals surface area (Å²) in [6.07, 6.45) is 2.21. The molecule has 0 fully saturated rings. The molecule has 1 amide bonds. The fourth-order valence-corrected chi connectivity index (χ4v) is 2.06. The van der Waals surface area contributed by atoms with Gasteiger partial charge in [-0.15, -0.1) is 0 Å². The van der Waals surface area contributed by atoms with Gasteiger partial charge in [0.25, 0.3) is 0 Å². The minimum absolute atomic E-state index is 0.0392. The quantitative estimate of drug-likeness (QED) is 0.773. The average molecular weight is 255 g/mol. The molecule has 0 radical (unpaired) electrons. The third-order valence-corrected chi connectivity index (χ3v) is 2.88. The van der Waals surface area contributed by atoms with E-state index in [0.717, 1.165) is 10.0 Å². The van der Waals surface area contributed by atoms with Gasteiger partial charge in [-0.1, -0.05) is 13.8 Å². The van der Waals surface area contributed by atoms with Gasteiger partial charge in [-0.05, 0) is 22.0 Å². The van der Waals surface area contributed by atoms with Crippen molar-refractivity contribution in [1.29, 1.82) is 0 Å². The number of anilines is 1. The van der Waals surface area contributed by atoms with E-state index in [4.69, 9.17) is 0 Å². The number of nitrogens with one attached hydrogen (secondary N) is 1. The van der Waals surface area contributed by atoms with Crippen LogP contribution < -0.4 is 5.32 Å². The van der Waals surface area contributed by atoms with Crippen LogP contribution in [0, 0.1) is 0 Å². The lowest BCUT2D eigenvalue weighted by Gasteiger charge is -2.31. The molecule has 0 aromatic carbocycles. The molecule has 0 bridgehead atoms. The molecule has 1 aliphatic heterocycles. The van der Waals surface area contributed by atoms with E-state index in [1.807, 2.05) is 6.07 Å². The third-order valence-electron chi connectivity index (χ3n) is 2.44. The van der Waals surface area contributed by atoms with Gasteiger partial charge < -0.3 is 5.32 Å². The topological polar surface area (TPSA) is 42.0 Å². The van der Waals surface area contributed by atoms with Crippen molar-refractivity contribution in [1.82, 2.24) is 4.98 Å². The van der Waals surface area contributed by atoms with Crippen LogP contribution >= 0.6 is 15.9 Å². The van der Waals surface area contributed by atoms with E-state index in [1.54, 1.807) is 6.20 Å². The summed E-state index contributed by atoms with van der Waals surface area (Å²) in [6, 6.07) is 2.02. The molecule has 0 saturated carbocycles. The van der Waals surface area contributed by atoms with Gasteiger partial charge in [0.2, 0.25) is 5.91 Å². The van der Waals surface area contributed by atoms with Gasteiger partial charge in [0, 0.05) is 28.1 Å². The summed E-state index contributed by atoms with van der Waals surface area (Å²) >= 11 is 3.38. The van der Waals surface area contributed by atoms with E-state index < -0.39 is 0 Å². The van der Waals surface area contributed by atoms with Crippen LogP contribution in [0.3, 0.4) is 0 Å². The molecule has 14 heavy (non-hydrogen) atoms. The zero-order valence-corrected chi connectivity index (χ0v) is 9.68. The predicted octanol–water partition coefficient (Wildman–Crippen LogP) is 2.46. The number of pyridine rings is 1. The van der Waals surface area contributed by atoms with Crippen molar-refractivity contribution < 1.29 is 4.79 Å². The van der Waals surface area contributed by atoms with Gasteiger partial charge in [-0.25, -0.2) is 4.98 Å². The third kappa shape index (κ3) is 1.54. The van der Waals surface area contributed by atoms with Crippen LogP contribution in [0.4, 0.5) is 5.82 Å². The molecule has 1 aliphatic rings. The summed E-state index contributed by atoms with van der Waals surface area (Å²) in [5.74, 6) is 0.728. The maximum atomic E-state index is 11.4. The molecule has 0 aliphatic carbocycles. The van der Waals surface area contributed by atoms with E-state index in [2.05, 4.69) is 40.1 Å². The molecule has 74 valence electrons. The normalized spacial score (nSPS) is 18.6. The van der Waals surface area contributed by atoms with Gasteiger partial charge in [0.15, 0.2) is 0 Å². The number of fused-ring (bicyclic) bond motifs is 1. The molecule has 1 aromatic heterocycles. The number of carbonyl (C=O) groups excluding carboxylic acids is 1. The number of amides is 1. The molecule has 0 saturated heterocycles. The summed E-state index contributed by atoms with van der Waals surface area (Å²) < 4.78 is 0.945. The Bertz CT molecular complexity index is 401. The Morgan fingerprint density at radius 2 is 2.29 bits per heavy atom. The molecular formula is C10H11BrN2O. The predicted molar refractivity (Wildman–Crippen MR) is 58.2 cm³/mol. The number of nitrogens with zero attached hydrogens (tertiary/aromatic N) is 1. The monoisotopic (exact) mass is 254 g/mol. The van der Waals surface area contributed by atoms with Crippen molar-refractivity contribution in [3.63, 3.8) is 0 Å². The Morgan fingerprint density at radius 1 is 1.57 bits per heavy atom. The fourth-order valence-electron chi connectivity index (χ4n) is 1.73. The maximum absolute atomic E-state index is 11.4. The first-order chi connectivity index (χ1) is 6.49. The standard InChI is InChI=1S/C10H11BrN2O/c1-10(2)4-8(14)13-9-7(10)3-6(11)5-12-9/h3,5H,4H2,1-2H3,(H,12,13,14). The lowest BCUT2D eigenvalue weighted by atomic mass is 9.79. The lowest BCUT2D eigenvalue weighted by Crippen LogP contribution is -2.33. The Labute approximate surface area is 91.0 Å². The molecule has 0 spiro atoms. The SMILES string of the molecule is CC1(C)CC(=O)Nc2ncc(Br)cc21. The Hall–Kier alpha value is -0.900. The highest BCUT2D eigenvalue weighted by Gasteiger charge is 2.32. The van der Waals surface area contributed by atoms with Crippen molar-refractivity contribution >= 4 is 27.7 Å². The molecule has 1 N–H and O–H groups in total. The molecule has 0 atom stereocenters. The van der Waals surface area contributed by atoms with Crippen LogP contribution in [0.1, 0.15) is 25.8 Å². The molecule has 0 unspecified atom stereocenters. The van der Waals surface area contributed by atoms with Crippen molar-refractivity contribution in [2.75, 3.05) is 5.32 Å². The summed E-state index contributed by atoms with van der Waals surface area (Å²) in [7, 11) is 0. The second-order valence-electron chi connectivity index (χ2n) is 4.16. The summed E-state index contributed by atoms with van der Waals surface area (Å²) in [5.41, 5.74) is 0.959. The maximum Gasteiger partial charge on any atom is 0.226 e. The first-order valence-corrected chi connectivity index (χ1v) is 5.24. The van der Waals surface area contributed by atoms with Crippen molar-refractivity contribution in [3.8, 4) is 0 Å². The van der Waals surface area contributed by atoms with Gasteiger partial charge in [-0.2, -0.15) is 0 Å². The summed E-state index contributed by atoms with van der Waals surface area (Å²) in [6.45, 7) is 4.11. The highest BCUT2D eigenvalue weighted by atomic mass is 79.9. The van der Waals surface area contributed by atoms with E-state index in [-0.39, 0.29) is 11.3 Å². The first-order valence-electron chi connectivity index (χ1n) is 4.45. The average Bonchev–Trinajstić information content (AvgIpc) is 2.05. The van der Waals surface area contributed by atoms with Crippen LogP contribution in [0.15, 0.2) is 16.7 Å². The van der Waals surface area contributed by atoms with E-state index in [9.17, 15) is 4.79 Å². The molecule has 2 heterocycles. The summed E-state index contributed by atoms with van der Waals surface area (Å²) in [5, 5.41) is 2.77. The zero-order chi connectivity index (χ0) is 10.3. The smallest absolute Gasteiger partial charge is 0.226 e. The van der Waals surface area contributed by atoms with E-state index in [0.29, 0.717) is 12.2 Å². The molecular weight excluding hydrogens is 244 g/mol. The first kappa shape index (κ1) is 9.65. The number of aromatic nitrogens is 1. The largest absolute Gasteiger partial charge is 0.310 e. The minimum atomic E-state index is -0.131. The minimum Gasteiger partial charge on any atom is -0.310 e. The molecule has 3 nitrogen and oxygen atoms in total. The van der Waals surface area contributed by atoms with E-state index in [1.165, 1.54) is 0 Å². The molecule has 2 rings (SSSR count). The zero-order valence-electron chi connectivity index (χ0n) is 8.10. The Morgan fingerprint density at radius 3 is 3.00 bits per heavy atom. The fraction of sp³-hybridized carbons (Fsp3) is 0.400. The van der Waals surface area contributed by atoms with Crippen LogP contribution in [0.2, 0.25) is 0 Å². The van der Waals surface area contributed by atoms with Gasteiger partial charge in [0.05, 0.1) is 0 Å². The van der Waals surface area contributed by atoms with Crippen LogP contribution in [0.5, 0.6) is 0 Å². The van der Waals surface area contributed by atoms with Crippen LogP contribution in [-0.2, 0) is 10.2 Å². The molecule has 1 aromatic rings. The number of hydrogen-bond acceptors (Lipinski definition) is 2. The Kier molecular flexibility index (Phi) is 2.10. The van der Waals surface area contributed by atoms with E-state index >= 15 is 0 Å². The summed E-state index contributed by atoms with van der Waals surface area (Å²) in [4.78, 5) is 15.5. The lowest BCUT2D eigenvalue weighted by molar-refractivity contribution is -0.117. The van der Waals surface area contributed by atoms with Gasteiger partial charge in [-0.3, -0.25) is 4.79 Å². The number of rotatable bonds is 0. The van der Waals surface area contributed by atoms with Crippen molar-refractivity contribution in [2.45, 2.75) is 25.7 Å². The number of carbonyl (C=O) groups is 1. The second-order valence-corrected chi connectivity index (χ2v) is 5.07. The van der Waals surface area contributed by atoms with Gasteiger partial charge in [0.1, 0.15) is 5.82 Å².